The number of rotatable bonds is 3. The van der Waals surface area contributed by atoms with E-state index in [1.165, 1.54) is 0 Å². The molecule has 0 aromatic rings. The van der Waals surface area contributed by atoms with Crippen LogP contribution in [0, 0.1) is 0 Å². The van der Waals surface area contributed by atoms with E-state index in [2.05, 4.69) is 11.9 Å². The molecule has 1 saturated heterocycles. The zero-order valence-electron chi connectivity index (χ0n) is 11.5. The lowest BCUT2D eigenvalue weighted by molar-refractivity contribution is -0.121. The van der Waals surface area contributed by atoms with Crippen molar-refractivity contribution in [3.05, 3.63) is 12.2 Å². The highest BCUT2D eigenvalue weighted by Gasteiger charge is 2.44. The normalized spacial score (nSPS) is 23.6. The Hall–Kier alpha value is -1.36. The highest BCUT2D eigenvalue weighted by atomic mass is 16.6. The summed E-state index contributed by atoms with van der Waals surface area (Å²) in [4.78, 5) is 23.9. The minimum absolute atomic E-state index is 0.165. The quantitative estimate of drug-likeness (QED) is 0.781. The van der Waals surface area contributed by atoms with Crippen LogP contribution in [0.2, 0.25) is 0 Å². The first-order chi connectivity index (χ1) is 8.16. The molecule has 102 valence electrons. The maximum absolute atomic E-state index is 12.1. The highest BCUT2D eigenvalue weighted by molar-refractivity contribution is 6.03. The summed E-state index contributed by atoms with van der Waals surface area (Å²) >= 11 is 0. The molecule has 1 amide bonds. The first-order valence-electron chi connectivity index (χ1n) is 5.95. The summed E-state index contributed by atoms with van der Waals surface area (Å²) < 4.78 is 10.4. The molecule has 1 fully saturated rings. The predicted molar refractivity (Wildman–Crippen MR) is 67.4 cm³/mol. The van der Waals surface area contributed by atoms with Crippen molar-refractivity contribution in [2.45, 2.75) is 45.3 Å². The van der Waals surface area contributed by atoms with Crippen LogP contribution in [-0.4, -0.2) is 36.2 Å². The summed E-state index contributed by atoms with van der Waals surface area (Å²) in [5, 5.41) is 2.63. The van der Waals surface area contributed by atoms with Crippen molar-refractivity contribution in [2.75, 3.05) is 13.2 Å². The van der Waals surface area contributed by atoms with Crippen molar-refractivity contribution in [3.8, 4) is 0 Å². The third-order valence-electron chi connectivity index (χ3n) is 2.58. The van der Waals surface area contributed by atoms with Gasteiger partial charge >= 0.3 is 6.09 Å². The molecule has 1 aliphatic rings. The van der Waals surface area contributed by atoms with Gasteiger partial charge in [0.25, 0.3) is 0 Å². The largest absolute Gasteiger partial charge is 0.444 e. The number of ether oxygens (including phenoxy) is 2. The average Bonchev–Trinajstić information content (AvgIpc) is 2.62. The molecule has 1 N–H and O–H groups in total. The van der Waals surface area contributed by atoms with E-state index in [4.69, 9.17) is 9.47 Å². The van der Waals surface area contributed by atoms with Crippen molar-refractivity contribution in [3.63, 3.8) is 0 Å². The van der Waals surface area contributed by atoms with Gasteiger partial charge in [-0.2, -0.15) is 0 Å². The second kappa shape index (κ2) is 5.10. The van der Waals surface area contributed by atoms with Crippen LogP contribution in [0.15, 0.2) is 12.2 Å². The molecule has 5 heteroatoms. The van der Waals surface area contributed by atoms with E-state index in [1.54, 1.807) is 27.7 Å². The van der Waals surface area contributed by atoms with Crippen molar-refractivity contribution in [1.29, 1.82) is 0 Å². The molecule has 18 heavy (non-hydrogen) atoms. The van der Waals surface area contributed by atoms with Crippen molar-refractivity contribution >= 4 is 11.9 Å². The maximum atomic E-state index is 12.1. The second-order valence-corrected chi connectivity index (χ2v) is 5.62. The van der Waals surface area contributed by atoms with E-state index < -0.39 is 17.2 Å². The topological polar surface area (TPSA) is 64.6 Å². The van der Waals surface area contributed by atoms with Gasteiger partial charge in [0, 0.05) is 13.0 Å². The van der Waals surface area contributed by atoms with E-state index in [-0.39, 0.29) is 12.4 Å². The summed E-state index contributed by atoms with van der Waals surface area (Å²) in [6, 6.07) is 0. The summed E-state index contributed by atoms with van der Waals surface area (Å²) in [5.74, 6) is -0.203. The van der Waals surface area contributed by atoms with Gasteiger partial charge < -0.3 is 14.8 Å². The number of carbonyl (C=O) groups excluding carboxylic acids is 2. The lowest BCUT2D eigenvalue weighted by Crippen LogP contribution is -2.56. The molecular formula is C13H21NO4. The minimum Gasteiger partial charge on any atom is -0.444 e. The first-order valence-corrected chi connectivity index (χ1v) is 5.95. The van der Waals surface area contributed by atoms with Gasteiger partial charge in [-0.1, -0.05) is 6.58 Å². The SMILES string of the molecule is C=C(C)C(=O)C1(NC(=O)OC(C)(C)C)CCOC1. The number of ketones is 1. The number of hydrogen-bond donors (Lipinski definition) is 1. The van der Waals surface area contributed by atoms with E-state index >= 15 is 0 Å². The number of carbonyl (C=O) groups is 2. The summed E-state index contributed by atoms with van der Waals surface area (Å²) in [6.07, 6.45) is -0.166. The Bertz CT molecular complexity index is 362. The van der Waals surface area contributed by atoms with Crippen molar-refractivity contribution < 1.29 is 19.1 Å². The van der Waals surface area contributed by atoms with Crippen LogP contribution in [0.1, 0.15) is 34.1 Å². The Morgan fingerprint density at radius 3 is 2.39 bits per heavy atom. The van der Waals surface area contributed by atoms with E-state index in [1.807, 2.05) is 0 Å². The third kappa shape index (κ3) is 3.57. The standard InChI is InChI=1S/C13H21NO4/c1-9(2)10(15)13(6-7-17-8-13)14-11(16)18-12(3,4)5/h1,6-8H2,2-5H3,(H,14,16). The molecule has 1 rings (SSSR count). The van der Waals surface area contributed by atoms with Crippen molar-refractivity contribution in [2.24, 2.45) is 0 Å². The molecule has 1 atom stereocenters. The van der Waals surface area contributed by atoms with E-state index in [0.717, 1.165) is 0 Å². The molecule has 1 unspecified atom stereocenters. The molecule has 0 aromatic heterocycles. The molecular weight excluding hydrogens is 234 g/mol. The van der Waals surface area contributed by atoms with Gasteiger partial charge in [0.15, 0.2) is 5.78 Å². The molecule has 0 saturated carbocycles. The Morgan fingerprint density at radius 1 is 1.39 bits per heavy atom. The Kier molecular flexibility index (Phi) is 4.16. The van der Waals surface area contributed by atoms with Gasteiger partial charge in [-0.15, -0.1) is 0 Å². The fraction of sp³-hybridized carbons (Fsp3) is 0.692. The van der Waals surface area contributed by atoms with Gasteiger partial charge in [0.2, 0.25) is 0 Å². The summed E-state index contributed by atoms with van der Waals surface area (Å²) in [6.45, 7) is 11.2. The fourth-order valence-electron chi connectivity index (χ4n) is 1.81. The molecule has 0 radical (unpaired) electrons. The molecule has 0 bridgehead atoms. The van der Waals surface area contributed by atoms with E-state index in [0.29, 0.717) is 18.6 Å². The van der Waals surface area contributed by atoms with Gasteiger partial charge in [-0.25, -0.2) is 4.79 Å². The maximum Gasteiger partial charge on any atom is 0.408 e. The van der Waals surface area contributed by atoms with Gasteiger partial charge in [-0.3, -0.25) is 4.79 Å². The lowest BCUT2D eigenvalue weighted by Gasteiger charge is -2.29. The molecule has 1 aliphatic heterocycles. The van der Waals surface area contributed by atoms with Gasteiger partial charge in [0.05, 0.1) is 6.61 Å². The third-order valence-corrected chi connectivity index (χ3v) is 2.58. The lowest BCUT2D eigenvalue weighted by atomic mass is 9.89. The summed E-state index contributed by atoms with van der Waals surface area (Å²) in [7, 11) is 0. The number of alkyl carbamates (subject to hydrolysis) is 1. The molecule has 5 nitrogen and oxygen atoms in total. The highest BCUT2D eigenvalue weighted by Crippen LogP contribution is 2.23. The molecule has 0 spiro atoms. The van der Waals surface area contributed by atoms with Crippen molar-refractivity contribution in [1.82, 2.24) is 5.32 Å². The molecule has 0 aliphatic carbocycles. The fourth-order valence-corrected chi connectivity index (χ4v) is 1.81. The summed E-state index contributed by atoms with van der Waals surface area (Å²) in [5.41, 5.74) is -1.22. The van der Waals surface area contributed by atoms with Gasteiger partial charge in [0.1, 0.15) is 11.1 Å². The number of hydrogen-bond acceptors (Lipinski definition) is 4. The number of nitrogens with one attached hydrogen (secondary N) is 1. The minimum atomic E-state index is -1.02. The van der Waals surface area contributed by atoms with Crippen LogP contribution in [0.3, 0.4) is 0 Å². The molecule has 1 heterocycles. The van der Waals surface area contributed by atoms with Crippen LogP contribution < -0.4 is 5.32 Å². The van der Waals surface area contributed by atoms with E-state index in [9.17, 15) is 9.59 Å². The van der Waals surface area contributed by atoms with Crippen LogP contribution in [-0.2, 0) is 14.3 Å². The van der Waals surface area contributed by atoms with Crippen LogP contribution in [0.4, 0.5) is 4.79 Å². The zero-order valence-corrected chi connectivity index (χ0v) is 11.5. The molecule has 0 aromatic carbocycles. The first kappa shape index (κ1) is 14.7. The van der Waals surface area contributed by atoms with Crippen LogP contribution in [0.5, 0.6) is 0 Å². The zero-order chi connectivity index (χ0) is 14.0. The second-order valence-electron chi connectivity index (χ2n) is 5.62. The number of amides is 1. The monoisotopic (exact) mass is 255 g/mol. The van der Waals surface area contributed by atoms with Crippen LogP contribution >= 0.6 is 0 Å². The Balaban J connectivity index is 2.78. The van der Waals surface area contributed by atoms with Crippen LogP contribution in [0.25, 0.3) is 0 Å². The smallest absolute Gasteiger partial charge is 0.408 e. The number of Topliss-reactive ketones (excluding diaryl/α,β-unsaturated/α-hetero) is 1. The Labute approximate surface area is 108 Å². The predicted octanol–water partition coefficient (Wildman–Crippen LogP) is 1.82. The van der Waals surface area contributed by atoms with Gasteiger partial charge in [-0.05, 0) is 33.3 Å². The Morgan fingerprint density at radius 2 is 2.00 bits per heavy atom. The average molecular weight is 255 g/mol.